The summed E-state index contributed by atoms with van der Waals surface area (Å²) >= 11 is 0. The number of carbonyl (C=O) groups is 2. The SMILES string of the molecule is CCCCC[C@H](O)/C=C/[C@@H]1[C@@H](C/C=C/CCCC(=O)OC[C@H](CO)OC(=O)CCCCCCCCCCCCCCCC(C)C)[C@@H](O)C[C@H]1O. The standard InChI is InChI=1S/C42H76O8/c1-4-5-19-25-35(44)29-30-38-37(39(45)31-40(38)46)26-21-17-18-22-27-41(47)49-33-36(32-43)50-42(48)28-23-16-14-12-10-8-6-7-9-11-13-15-20-24-34(2)3/h17,21,29-30,34-40,43-46H,4-16,18-20,22-28,31-33H2,1-3H3/b21-17+,30-29+/t35-,36-,37+,38+,39-,40+/m0/s1. The lowest BCUT2D eigenvalue weighted by Crippen LogP contribution is -2.28. The lowest BCUT2D eigenvalue weighted by molar-refractivity contribution is -0.161. The number of carbonyl (C=O) groups excluding carboxylic acids is 2. The molecule has 0 aromatic rings. The van der Waals surface area contributed by atoms with E-state index in [1.54, 1.807) is 6.08 Å². The van der Waals surface area contributed by atoms with E-state index in [-0.39, 0.29) is 30.8 Å². The van der Waals surface area contributed by atoms with Crippen molar-refractivity contribution < 1.29 is 39.5 Å². The van der Waals surface area contributed by atoms with Crippen LogP contribution in [0.4, 0.5) is 0 Å². The first kappa shape index (κ1) is 46.3. The van der Waals surface area contributed by atoms with Crippen LogP contribution in [0.25, 0.3) is 0 Å². The van der Waals surface area contributed by atoms with Gasteiger partial charge in [-0.2, -0.15) is 0 Å². The molecule has 8 nitrogen and oxygen atoms in total. The molecule has 0 amide bonds. The molecule has 0 saturated heterocycles. The maximum absolute atomic E-state index is 12.2. The molecular formula is C42H76O8. The Morgan fingerprint density at radius 3 is 1.92 bits per heavy atom. The monoisotopic (exact) mass is 709 g/mol. The third-order valence-corrected chi connectivity index (χ3v) is 10.00. The first-order chi connectivity index (χ1) is 24.2. The van der Waals surface area contributed by atoms with Crippen molar-refractivity contribution in [2.45, 2.75) is 199 Å². The Bertz CT molecular complexity index is 887. The number of aliphatic hydroxyl groups excluding tert-OH is 4. The quantitative estimate of drug-likeness (QED) is 0.0309. The summed E-state index contributed by atoms with van der Waals surface area (Å²) in [4.78, 5) is 24.4. The Morgan fingerprint density at radius 2 is 1.32 bits per heavy atom. The second-order valence-corrected chi connectivity index (χ2v) is 15.2. The van der Waals surface area contributed by atoms with E-state index in [2.05, 4.69) is 20.8 Å². The zero-order valence-electron chi connectivity index (χ0n) is 32.2. The molecule has 292 valence electrons. The number of aliphatic hydroxyl groups is 4. The van der Waals surface area contributed by atoms with Crippen LogP contribution in [0.1, 0.15) is 175 Å². The molecular weight excluding hydrogens is 632 g/mol. The molecule has 0 aromatic carbocycles. The van der Waals surface area contributed by atoms with E-state index in [0.29, 0.717) is 38.5 Å². The van der Waals surface area contributed by atoms with E-state index in [9.17, 15) is 30.0 Å². The van der Waals surface area contributed by atoms with Gasteiger partial charge >= 0.3 is 11.9 Å². The van der Waals surface area contributed by atoms with Crippen molar-refractivity contribution in [3.8, 4) is 0 Å². The fourth-order valence-electron chi connectivity index (χ4n) is 6.79. The maximum Gasteiger partial charge on any atom is 0.306 e. The van der Waals surface area contributed by atoms with Gasteiger partial charge in [0.25, 0.3) is 0 Å². The van der Waals surface area contributed by atoms with E-state index in [0.717, 1.165) is 44.4 Å². The Kier molecular flexibility index (Phi) is 28.6. The average molecular weight is 709 g/mol. The molecule has 8 heteroatoms. The zero-order chi connectivity index (χ0) is 36.8. The van der Waals surface area contributed by atoms with Crippen LogP contribution < -0.4 is 0 Å². The van der Waals surface area contributed by atoms with Crippen LogP contribution in [0.15, 0.2) is 24.3 Å². The highest BCUT2D eigenvalue weighted by Gasteiger charge is 2.39. The minimum Gasteiger partial charge on any atom is -0.462 e. The third-order valence-electron chi connectivity index (χ3n) is 10.00. The highest BCUT2D eigenvalue weighted by Crippen LogP contribution is 2.36. The number of unbranched alkanes of at least 4 members (excludes halogenated alkanes) is 15. The van der Waals surface area contributed by atoms with Gasteiger partial charge in [0, 0.05) is 25.2 Å². The number of hydrogen-bond donors (Lipinski definition) is 4. The topological polar surface area (TPSA) is 134 Å². The van der Waals surface area contributed by atoms with Crippen molar-refractivity contribution in [1.82, 2.24) is 0 Å². The second-order valence-electron chi connectivity index (χ2n) is 15.2. The molecule has 50 heavy (non-hydrogen) atoms. The number of esters is 2. The summed E-state index contributed by atoms with van der Waals surface area (Å²) in [6, 6.07) is 0. The largest absolute Gasteiger partial charge is 0.462 e. The molecule has 0 aromatic heterocycles. The predicted molar refractivity (Wildman–Crippen MR) is 203 cm³/mol. The molecule has 0 bridgehead atoms. The summed E-state index contributed by atoms with van der Waals surface area (Å²) in [7, 11) is 0. The van der Waals surface area contributed by atoms with E-state index in [1.807, 2.05) is 18.2 Å². The van der Waals surface area contributed by atoms with Crippen molar-refractivity contribution >= 4 is 11.9 Å². The summed E-state index contributed by atoms with van der Waals surface area (Å²) in [5.41, 5.74) is 0. The Labute approximate surface area is 305 Å². The molecule has 0 radical (unpaired) electrons. The van der Waals surface area contributed by atoms with Crippen LogP contribution in [0.2, 0.25) is 0 Å². The Balaban J connectivity index is 2.10. The van der Waals surface area contributed by atoms with Crippen molar-refractivity contribution in [2.24, 2.45) is 17.8 Å². The number of rotatable bonds is 32. The fraction of sp³-hybridized carbons (Fsp3) is 0.857. The summed E-state index contributed by atoms with van der Waals surface area (Å²) in [6.07, 6.45) is 29.1. The second kappa shape index (κ2) is 30.8. The van der Waals surface area contributed by atoms with Gasteiger partial charge in [-0.25, -0.2) is 0 Å². The van der Waals surface area contributed by atoms with E-state index >= 15 is 0 Å². The van der Waals surface area contributed by atoms with Gasteiger partial charge in [-0.1, -0.05) is 148 Å². The summed E-state index contributed by atoms with van der Waals surface area (Å²) < 4.78 is 10.6. The molecule has 1 aliphatic carbocycles. The van der Waals surface area contributed by atoms with E-state index < -0.39 is 37.0 Å². The molecule has 1 saturated carbocycles. The minimum atomic E-state index is -0.848. The van der Waals surface area contributed by atoms with Crippen LogP contribution in [-0.4, -0.2) is 70.0 Å². The highest BCUT2D eigenvalue weighted by molar-refractivity contribution is 5.70. The van der Waals surface area contributed by atoms with Crippen LogP contribution in [-0.2, 0) is 19.1 Å². The van der Waals surface area contributed by atoms with Crippen molar-refractivity contribution in [3.63, 3.8) is 0 Å². The molecule has 6 atom stereocenters. The molecule has 1 aliphatic rings. The first-order valence-electron chi connectivity index (χ1n) is 20.5. The van der Waals surface area contributed by atoms with Crippen LogP contribution in [0.3, 0.4) is 0 Å². The van der Waals surface area contributed by atoms with Gasteiger partial charge in [0.15, 0.2) is 6.10 Å². The maximum atomic E-state index is 12.2. The number of allylic oxidation sites excluding steroid dienone is 2. The van der Waals surface area contributed by atoms with Gasteiger partial charge in [0.2, 0.25) is 0 Å². The van der Waals surface area contributed by atoms with Crippen LogP contribution in [0.5, 0.6) is 0 Å². The normalized spacial score (nSPS) is 20.6. The molecule has 0 aliphatic heterocycles. The van der Waals surface area contributed by atoms with Gasteiger partial charge < -0.3 is 29.9 Å². The van der Waals surface area contributed by atoms with Crippen LogP contribution >= 0.6 is 0 Å². The first-order valence-corrected chi connectivity index (χ1v) is 20.5. The molecule has 0 spiro atoms. The third kappa shape index (κ3) is 24.4. The Hall–Kier alpha value is -1.74. The smallest absolute Gasteiger partial charge is 0.306 e. The van der Waals surface area contributed by atoms with Crippen molar-refractivity contribution in [1.29, 1.82) is 0 Å². The number of ether oxygens (including phenoxy) is 2. The minimum absolute atomic E-state index is 0.118. The van der Waals surface area contributed by atoms with Crippen molar-refractivity contribution in [2.75, 3.05) is 13.2 Å². The van der Waals surface area contributed by atoms with Crippen molar-refractivity contribution in [3.05, 3.63) is 24.3 Å². The summed E-state index contributed by atoms with van der Waals surface area (Å²) in [6.45, 7) is 6.18. The van der Waals surface area contributed by atoms with Gasteiger partial charge in [0.1, 0.15) is 6.61 Å². The van der Waals surface area contributed by atoms with Gasteiger partial charge in [-0.3, -0.25) is 9.59 Å². The lowest BCUT2D eigenvalue weighted by Gasteiger charge is -2.19. The number of hydrogen-bond acceptors (Lipinski definition) is 8. The average Bonchev–Trinajstić information content (AvgIpc) is 3.35. The van der Waals surface area contributed by atoms with Gasteiger partial charge in [-0.05, 0) is 43.9 Å². The van der Waals surface area contributed by atoms with Gasteiger partial charge in [0.05, 0.1) is 24.9 Å². The molecule has 1 rings (SSSR count). The van der Waals surface area contributed by atoms with Crippen LogP contribution in [0, 0.1) is 17.8 Å². The molecule has 1 fully saturated rings. The molecule has 0 unspecified atom stereocenters. The molecule has 4 N–H and O–H groups in total. The Morgan fingerprint density at radius 1 is 0.740 bits per heavy atom. The fourth-order valence-corrected chi connectivity index (χ4v) is 6.79. The van der Waals surface area contributed by atoms with E-state index in [1.165, 1.54) is 70.6 Å². The predicted octanol–water partition coefficient (Wildman–Crippen LogP) is 8.91. The lowest BCUT2D eigenvalue weighted by atomic mass is 9.89. The van der Waals surface area contributed by atoms with E-state index in [4.69, 9.17) is 9.47 Å². The highest BCUT2D eigenvalue weighted by atomic mass is 16.6. The summed E-state index contributed by atoms with van der Waals surface area (Å²) in [5, 5.41) is 40.7. The zero-order valence-corrected chi connectivity index (χ0v) is 32.2. The molecule has 0 heterocycles. The summed E-state index contributed by atoms with van der Waals surface area (Å²) in [5.74, 6) is -0.256. The van der Waals surface area contributed by atoms with Gasteiger partial charge in [-0.15, -0.1) is 0 Å².